The molecular weight excluding hydrogens is 336 g/mol. The number of carbonyl (C=O) groups is 1. The molecule has 0 saturated carbocycles. The largest absolute Gasteiger partial charge is 0.352 e. The minimum atomic E-state index is -3.30. The Balaban J connectivity index is 1.65. The van der Waals surface area contributed by atoms with Crippen LogP contribution in [-0.2, 0) is 16.4 Å². The first-order chi connectivity index (χ1) is 11.9. The molecule has 0 saturated heterocycles. The van der Waals surface area contributed by atoms with Crippen molar-refractivity contribution in [3.8, 4) is 0 Å². The van der Waals surface area contributed by atoms with Gasteiger partial charge in [0.05, 0.1) is 11.9 Å². The lowest BCUT2D eigenvalue weighted by atomic mass is 9.97. The van der Waals surface area contributed by atoms with Gasteiger partial charge in [-0.1, -0.05) is 11.6 Å². The number of nitrogens with zero attached hydrogens (tertiary/aromatic N) is 1. The molecule has 1 aromatic rings. The van der Waals surface area contributed by atoms with E-state index in [2.05, 4.69) is 11.4 Å². The number of hydrogen-bond acceptors (Lipinski definition) is 3. The van der Waals surface area contributed by atoms with Crippen LogP contribution in [0.15, 0.2) is 29.8 Å². The van der Waals surface area contributed by atoms with E-state index in [0.29, 0.717) is 24.2 Å². The number of fused-ring (bicyclic) bond motifs is 1. The Bertz CT molecular complexity index is 799. The first-order valence-electron chi connectivity index (χ1n) is 8.94. The van der Waals surface area contributed by atoms with E-state index in [0.717, 1.165) is 24.8 Å². The highest BCUT2D eigenvalue weighted by Crippen LogP contribution is 2.34. The van der Waals surface area contributed by atoms with Crippen LogP contribution in [0.2, 0.25) is 0 Å². The van der Waals surface area contributed by atoms with Crippen molar-refractivity contribution in [2.24, 2.45) is 0 Å². The number of allylic oxidation sites excluding steroid dienone is 1. The second-order valence-electron chi connectivity index (χ2n) is 7.07. The van der Waals surface area contributed by atoms with Gasteiger partial charge in [-0.25, -0.2) is 8.42 Å². The van der Waals surface area contributed by atoms with Crippen molar-refractivity contribution in [3.63, 3.8) is 0 Å². The molecule has 1 aliphatic carbocycles. The molecule has 1 amide bonds. The number of amides is 1. The van der Waals surface area contributed by atoms with E-state index in [1.165, 1.54) is 29.0 Å². The van der Waals surface area contributed by atoms with E-state index in [1.54, 1.807) is 12.1 Å². The first kappa shape index (κ1) is 18.0. The van der Waals surface area contributed by atoms with Crippen molar-refractivity contribution < 1.29 is 13.2 Å². The van der Waals surface area contributed by atoms with Gasteiger partial charge in [0.15, 0.2) is 0 Å². The molecule has 5 nitrogen and oxygen atoms in total. The lowest BCUT2D eigenvalue weighted by Crippen LogP contribution is -2.34. The Labute approximate surface area is 150 Å². The average Bonchev–Trinajstić information content (AvgIpc) is 2.90. The van der Waals surface area contributed by atoms with Gasteiger partial charge in [-0.15, -0.1) is 0 Å². The highest BCUT2D eigenvalue weighted by molar-refractivity contribution is 7.92. The van der Waals surface area contributed by atoms with Crippen LogP contribution in [0.25, 0.3) is 0 Å². The summed E-state index contributed by atoms with van der Waals surface area (Å²) in [6, 6.07) is 5.18. The molecular formula is C19H26N2O3S. The Morgan fingerprint density at radius 2 is 2.12 bits per heavy atom. The summed E-state index contributed by atoms with van der Waals surface area (Å²) in [5, 5.41) is 2.98. The average molecular weight is 362 g/mol. The fourth-order valence-electron chi connectivity index (χ4n) is 3.82. The van der Waals surface area contributed by atoms with Gasteiger partial charge >= 0.3 is 0 Å². The summed E-state index contributed by atoms with van der Waals surface area (Å²) < 4.78 is 25.4. The summed E-state index contributed by atoms with van der Waals surface area (Å²) in [4.78, 5) is 12.4. The summed E-state index contributed by atoms with van der Waals surface area (Å²) >= 11 is 0. The third kappa shape index (κ3) is 4.06. The van der Waals surface area contributed by atoms with Crippen molar-refractivity contribution in [2.45, 2.75) is 51.5 Å². The molecule has 136 valence electrons. The molecule has 3 rings (SSSR count). The van der Waals surface area contributed by atoms with Crippen LogP contribution < -0.4 is 9.62 Å². The minimum absolute atomic E-state index is 0.0929. The van der Waals surface area contributed by atoms with Crippen LogP contribution in [0.5, 0.6) is 0 Å². The molecule has 0 aromatic heterocycles. The van der Waals surface area contributed by atoms with Crippen LogP contribution in [0.1, 0.15) is 54.9 Å². The third-order valence-corrected chi connectivity index (χ3v) is 6.24. The van der Waals surface area contributed by atoms with Gasteiger partial charge in [-0.3, -0.25) is 9.10 Å². The van der Waals surface area contributed by atoms with Gasteiger partial charge in [0.2, 0.25) is 10.0 Å². The summed E-state index contributed by atoms with van der Waals surface area (Å²) in [6.45, 7) is 2.53. The van der Waals surface area contributed by atoms with Gasteiger partial charge in [0.1, 0.15) is 0 Å². The SMILES string of the molecule is C[C@@H]1Cc2cc(C(=O)NCCC3=CCCCC3)ccc2N1S(C)(=O)=O. The van der Waals surface area contributed by atoms with E-state index in [9.17, 15) is 13.2 Å². The predicted octanol–water partition coefficient (Wildman–Crippen LogP) is 3.02. The number of rotatable bonds is 5. The highest BCUT2D eigenvalue weighted by atomic mass is 32.2. The molecule has 1 aromatic carbocycles. The van der Waals surface area contributed by atoms with Crippen LogP contribution in [0, 0.1) is 0 Å². The monoisotopic (exact) mass is 362 g/mol. The molecule has 1 aliphatic heterocycles. The van der Waals surface area contributed by atoms with Crippen LogP contribution >= 0.6 is 0 Å². The van der Waals surface area contributed by atoms with Gasteiger partial charge in [-0.2, -0.15) is 0 Å². The Morgan fingerprint density at radius 1 is 1.32 bits per heavy atom. The molecule has 0 fully saturated rings. The van der Waals surface area contributed by atoms with E-state index >= 15 is 0 Å². The zero-order chi connectivity index (χ0) is 18.0. The molecule has 0 spiro atoms. The van der Waals surface area contributed by atoms with E-state index < -0.39 is 10.0 Å². The first-order valence-corrected chi connectivity index (χ1v) is 10.8. The normalized spacial score (nSPS) is 20.2. The molecule has 6 heteroatoms. The fourth-order valence-corrected chi connectivity index (χ4v) is 5.08. The topological polar surface area (TPSA) is 66.5 Å². The smallest absolute Gasteiger partial charge is 0.251 e. The number of carbonyl (C=O) groups excluding carboxylic acids is 1. The maximum Gasteiger partial charge on any atom is 0.251 e. The molecule has 1 N–H and O–H groups in total. The third-order valence-electron chi connectivity index (χ3n) is 4.97. The summed E-state index contributed by atoms with van der Waals surface area (Å²) in [7, 11) is -3.30. The molecule has 0 bridgehead atoms. The van der Waals surface area contributed by atoms with Crippen LogP contribution in [0.3, 0.4) is 0 Å². The van der Waals surface area contributed by atoms with E-state index in [4.69, 9.17) is 0 Å². The van der Waals surface area contributed by atoms with Gasteiger partial charge in [0, 0.05) is 18.2 Å². The second-order valence-corrected chi connectivity index (χ2v) is 8.93. The second kappa shape index (κ2) is 7.20. The molecule has 1 heterocycles. The summed E-state index contributed by atoms with van der Waals surface area (Å²) in [5.74, 6) is -0.0929. The van der Waals surface area contributed by atoms with Crippen LogP contribution in [0.4, 0.5) is 5.69 Å². The van der Waals surface area contributed by atoms with Crippen LogP contribution in [-0.4, -0.2) is 33.2 Å². The van der Waals surface area contributed by atoms with E-state index in [-0.39, 0.29) is 11.9 Å². The van der Waals surface area contributed by atoms with E-state index in [1.807, 2.05) is 13.0 Å². The summed E-state index contributed by atoms with van der Waals surface area (Å²) in [5.41, 5.74) is 3.65. The predicted molar refractivity (Wildman–Crippen MR) is 100 cm³/mol. The zero-order valence-corrected chi connectivity index (χ0v) is 15.7. The fraction of sp³-hybridized carbons (Fsp3) is 0.526. The van der Waals surface area contributed by atoms with Gasteiger partial charge in [0.25, 0.3) is 5.91 Å². The number of hydrogen-bond donors (Lipinski definition) is 1. The molecule has 2 aliphatic rings. The Morgan fingerprint density at radius 3 is 2.80 bits per heavy atom. The number of benzene rings is 1. The molecule has 0 radical (unpaired) electrons. The maximum atomic E-state index is 12.4. The van der Waals surface area contributed by atoms with Gasteiger partial charge in [-0.05, 0) is 69.2 Å². The zero-order valence-electron chi connectivity index (χ0n) is 14.9. The Hall–Kier alpha value is -1.82. The van der Waals surface area contributed by atoms with Gasteiger partial charge < -0.3 is 5.32 Å². The van der Waals surface area contributed by atoms with Crippen molar-refractivity contribution >= 4 is 21.6 Å². The summed E-state index contributed by atoms with van der Waals surface area (Å²) in [6.07, 6.45) is 9.89. The standard InChI is InChI=1S/C19H26N2O3S/c1-14-12-17-13-16(8-9-18(17)21(14)25(2,23)24)19(22)20-11-10-15-6-4-3-5-7-15/h6,8-9,13-14H,3-5,7,10-12H2,1-2H3,(H,20,22)/t14-/m1/s1. The molecule has 1 atom stereocenters. The quantitative estimate of drug-likeness (QED) is 0.819. The van der Waals surface area contributed by atoms with Crippen molar-refractivity contribution in [1.29, 1.82) is 0 Å². The maximum absolute atomic E-state index is 12.4. The lowest BCUT2D eigenvalue weighted by Gasteiger charge is -2.21. The number of nitrogens with one attached hydrogen (secondary N) is 1. The Kier molecular flexibility index (Phi) is 5.18. The highest BCUT2D eigenvalue weighted by Gasteiger charge is 2.32. The minimum Gasteiger partial charge on any atom is -0.352 e. The lowest BCUT2D eigenvalue weighted by molar-refractivity contribution is 0.0954. The van der Waals surface area contributed by atoms with Crippen molar-refractivity contribution in [3.05, 3.63) is 41.0 Å². The molecule has 25 heavy (non-hydrogen) atoms. The molecule has 0 unspecified atom stereocenters. The number of sulfonamides is 1. The van der Waals surface area contributed by atoms with Crippen molar-refractivity contribution in [1.82, 2.24) is 5.32 Å². The number of anilines is 1. The van der Waals surface area contributed by atoms with Crippen molar-refractivity contribution in [2.75, 3.05) is 17.1 Å².